The van der Waals surface area contributed by atoms with E-state index in [-0.39, 0.29) is 12.4 Å². The predicted octanol–water partition coefficient (Wildman–Crippen LogP) is 4.28. The topological polar surface area (TPSA) is 32.3 Å². The number of aliphatic hydroxyl groups is 1. The van der Waals surface area contributed by atoms with Crippen molar-refractivity contribution in [2.45, 2.75) is 6.04 Å². The molecule has 0 spiro atoms. The lowest BCUT2D eigenvalue weighted by atomic mass is 10.1. The molecule has 100 valence electrons. The van der Waals surface area contributed by atoms with Gasteiger partial charge < -0.3 is 10.4 Å². The Labute approximate surface area is 120 Å². The van der Waals surface area contributed by atoms with Gasteiger partial charge in [0.25, 0.3) is 0 Å². The molecule has 0 aliphatic carbocycles. The quantitative estimate of drug-likeness (QED) is 0.883. The monoisotopic (exact) mass is 299 g/mol. The molecule has 0 amide bonds. The Bertz CT molecular complexity index is 560. The molecule has 1 atom stereocenters. The fourth-order valence-corrected chi connectivity index (χ4v) is 2.20. The van der Waals surface area contributed by atoms with Crippen molar-refractivity contribution < 1.29 is 9.50 Å². The van der Waals surface area contributed by atoms with Gasteiger partial charge in [-0.15, -0.1) is 0 Å². The highest BCUT2D eigenvalue weighted by molar-refractivity contribution is 6.42. The van der Waals surface area contributed by atoms with E-state index >= 15 is 0 Å². The van der Waals surface area contributed by atoms with Crippen LogP contribution in [0.1, 0.15) is 11.6 Å². The Hall–Kier alpha value is -1.29. The van der Waals surface area contributed by atoms with Gasteiger partial charge in [-0.05, 0) is 35.9 Å². The summed E-state index contributed by atoms with van der Waals surface area (Å²) in [6, 6.07) is 10.7. The van der Waals surface area contributed by atoms with Crippen LogP contribution in [-0.4, -0.2) is 11.7 Å². The van der Waals surface area contributed by atoms with Crippen LogP contribution in [0.15, 0.2) is 42.5 Å². The van der Waals surface area contributed by atoms with E-state index in [1.807, 2.05) is 0 Å². The van der Waals surface area contributed by atoms with Gasteiger partial charge in [0.05, 0.1) is 22.7 Å². The molecular weight excluding hydrogens is 288 g/mol. The lowest BCUT2D eigenvalue weighted by Crippen LogP contribution is -2.15. The van der Waals surface area contributed by atoms with E-state index in [4.69, 9.17) is 23.2 Å². The van der Waals surface area contributed by atoms with Crippen LogP contribution in [0.25, 0.3) is 0 Å². The van der Waals surface area contributed by atoms with Crippen LogP contribution in [0, 0.1) is 5.82 Å². The third-order valence-corrected chi connectivity index (χ3v) is 3.56. The van der Waals surface area contributed by atoms with Crippen molar-refractivity contribution in [2.24, 2.45) is 0 Å². The number of halogens is 3. The Morgan fingerprint density at radius 1 is 1.11 bits per heavy atom. The summed E-state index contributed by atoms with van der Waals surface area (Å²) in [5, 5.41) is 13.4. The maximum atomic E-state index is 12.8. The van der Waals surface area contributed by atoms with Gasteiger partial charge in [0.1, 0.15) is 5.82 Å². The molecule has 2 nitrogen and oxygen atoms in total. The maximum absolute atomic E-state index is 12.8. The van der Waals surface area contributed by atoms with Crippen LogP contribution in [0.5, 0.6) is 0 Å². The standard InChI is InChI=1S/C14H12Cl2FNO/c15-12-3-1-2-11(14(12)16)13(8-19)18-10-6-4-9(17)5-7-10/h1-7,13,18-19H,8H2. The molecule has 0 heterocycles. The molecule has 19 heavy (non-hydrogen) atoms. The second kappa shape index (κ2) is 6.24. The van der Waals surface area contributed by atoms with Gasteiger partial charge in [-0.2, -0.15) is 0 Å². The summed E-state index contributed by atoms with van der Waals surface area (Å²) in [6.45, 7) is -0.155. The van der Waals surface area contributed by atoms with Crippen LogP contribution in [-0.2, 0) is 0 Å². The second-order valence-electron chi connectivity index (χ2n) is 4.03. The highest BCUT2D eigenvalue weighted by Gasteiger charge is 2.15. The van der Waals surface area contributed by atoms with Gasteiger partial charge in [-0.25, -0.2) is 4.39 Å². The van der Waals surface area contributed by atoms with Crippen LogP contribution in [0.3, 0.4) is 0 Å². The second-order valence-corrected chi connectivity index (χ2v) is 4.81. The first-order chi connectivity index (χ1) is 9.11. The molecule has 0 saturated heterocycles. The van der Waals surface area contributed by atoms with E-state index in [1.54, 1.807) is 30.3 Å². The zero-order valence-electron chi connectivity index (χ0n) is 9.91. The molecule has 2 N–H and O–H groups in total. The van der Waals surface area contributed by atoms with Gasteiger partial charge in [0.2, 0.25) is 0 Å². The zero-order valence-corrected chi connectivity index (χ0v) is 11.4. The first-order valence-electron chi connectivity index (χ1n) is 5.68. The van der Waals surface area contributed by atoms with Crippen molar-refractivity contribution in [1.29, 1.82) is 0 Å². The van der Waals surface area contributed by atoms with Crippen LogP contribution in [0.4, 0.5) is 10.1 Å². The molecule has 0 radical (unpaired) electrons. The van der Waals surface area contributed by atoms with Crippen LogP contribution < -0.4 is 5.32 Å². The predicted molar refractivity (Wildman–Crippen MR) is 76.3 cm³/mol. The molecule has 0 aliphatic rings. The van der Waals surface area contributed by atoms with E-state index in [9.17, 15) is 9.50 Å². The summed E-state index contributed by atoms with van der Waals surface area (Å²) in [7, 11) is 0. The molecule has 2 aromatic carbocycles. The normalized spacial score (nSPS) is 12.2. The van der Waals surface area contributed by atoms with Crippen molar-refractivity contribution in [3.05, 3.63) is 63.9 Å². The number of nitrogens with one attached hydrogen (secondary N) is 1. The van der Waals surface area contributed by atoms with Gasteiger partial charge in [0.15, 0.2) is 0 Å². The lowest BCUT2D eigenvalue weighted by Gasteiger charge is -2.19. The molecule has 2 rings (SSSR count). The van der Waals surface area contributed by atoms with Crippen LogP contribution in [0.2, 0.25) is 10.0 Å². The Morgan fingerprint density at radius 3 is 2.42 bits per heavy atom. The van der Waals surface area contributed by atoms with Gasteiger partial charge in [0, 0.05) is 5.69 Å². The van der Waals surface area contributed by atoms with Gasteiger partial charge in [-0.1, -0.05) is 35.3 Å². The first kappa shape index (κ1) is 14.1. The number of hydrogen-bond acceptors (Lipinski definition) is 2. The van der Waals surface area contributed by atoms with E-state index in [0.29, 0.717) is 21.3 Å². The molecule has 0 saturated carbocycles. The summed E-state index contributed by atoms with van der Waals surface area (Å²) >= 11 is 12.1. The number of aliphatic hydroxyl groups excluding tert-OH is 1. The van der Waals surface area contributed by atoms with Crippen molar-refractivity contribution in [2.75, 3.05) is 11.9 Å². The number of rotatable bonds is 4. The number of anilines is 1. The average molecular weight is 300 g/mol. The smallest absolute Gasteiger partial charge is 0.123 e. The van der Waals surface area contributed by atoms with Gasteiger partial charge in [-0.3, -0.25) is 0 Å². The first-order valence-corrected chi connectivity index (χ1v) is 6.44. The summed E-state index contributed by atoms with van der Waals surface area (Å²) in [4.78, 5) is 0. The fraction of sp³-hybridized carbons (Fsp3) is 0.143. The molecule has 1 unspecified atom stereocenters. The van der Waals surface area contributed by atoms with Gasteiger partial charge >= 0.3 is 0 Å². The Balaban J connectivity index is 2.25. The molecule has 0 aromatic heterocycles. The fourth-order valence-electron chi connectivity index (χ4n) is 1.76. The third-order valence-electron chi connectivity index (χ3n) is 2.72. The van der Waals surface area contributed by atoms with Crippen molar-refractivity contribution in [3.8, 4) is 0 Å². The molecular formula is C14H12Cl2FNO. The highest BCUT2D eigenvalue weighted by Crippen LogP contribution is 2.31. The largest absolute Gasteiger partial charge is 0.394 e. The highest BCUT2D eigenvalue weighted by atomic mass is 35.5. The number of hydrogen-bond donors (Lipinski definition) is 2. The Kier molecular flexibility index (Phi) is 4.64. The van der Waals surface area contributed by atoms with Crippen molar-refractivity contribution in [1.82, 2.24) is 0 Å². The summed E-state index contributed by atoms with van der Waals surface area (Å²) in [5.41, 5.74) is 1.39. The molecule has 0 fully saturated rings. The van der Waals surface area contributed by atoms with E-state index < -0.39 is 6.04 Å². The summed E-state index contributed by atoms with van der Waals surface area (Å²) < 4.78 is 12.8. The summed E-state index contributed by atoms with van der Waals surface area (Å²) in [6.07, 6.45) is 0. The molecule has 0 aliphatic heterocycles. The van der Waals surface area contributed by atoms with Crippen LogP contribution >= 0.6 is 23.2 Å². The average Bonchev–Trinajstić information content (AvgIpc) is 2.42. The van der Waals surface area contributed by atoms with E-state index in [0.717, 1.165) is 0 Å². The maximum Gasteiger partial charge on any atom is 0.123 e. The Morgan fingerprint density at radius 2 is 1.79 bits per heavy atom. The third kappa shape index (κ3) is 3.38. The number of benzene rings is 2. The summed E-state index contributed by atoms with van der Waals surface area (Å²) in [5.74, 6) is -0.313. The molecule has 2 aromatic rings. The minimum atomic E-state index is -0.406. The zero-order chi connectivity index (χ0) is 13.8. The van der Waals surface area contributed by atoms with E-state index in [1.165, 1.54) is 12.1 Å². The SMILES string of the molecule is OCC(Nc1ccc(F)cc1)c1cccc(Cl)c1Cl. The van der Waals surface area contributed by atoms with Crippen molar-refractivity contribution >= 4 is 28.9 Å². The lowest BCUT2D eigenvalue weighted by molar-refractivity contribution is 0.276. The minimum absolute atomic E-state index is 0.155. The molecule has 5 heteroatoms. The van der Waals surface area contributed by atoms with E-state index in [2.05, 4.69) is 5.32 Å². The van der Waals surface area contributed by atoms with Crippen molar-refractivity contribution in [3.63, 3.8) is 0 Å². The molecule has 0 bridgehead atoms. The minimum Gasteiger partial charge on any atom is -0.394 e.